The lowest BCUT2D eigenvalue weighted by Gasteiger charge is -2.07. The summed E-state index contributed by atoms with van der Waals surface area (Å²) >= 11 is 0. The molecule has 1 aromatic carbocycles. The molecule has 3 rings (SSSR count). The number of nitrogens with one attached hydrogen (secondary N) is 2. The van der Waals surface area contributed by atoms with Crippen LogP contribution in [0.3, 0.4) is 0 Å². The van der Waals surface area contributed by atoms with E-state index in [1.165, 1.54) is 0 Å². The fourth-order valence-electron chi connectivity index (χ4n) is 2.49. The van der Waals surface area contributed by atoms with Gasteiger partial charge in [0, 0.05) is 11.4 Å². The van der Waals surface area contributed by atoms with Crippen LogP contribution < -0.4 is 5.32 Å². The van der Waals surface area contributed by atoms with Crippen LogP contribution in [0, 0.1) is 27.7 Å². The summed E-state index contributed by atoms with van der Waals surface area (Å²) in [5.41, 5.74) is 5.66. The highest BCUT2D eigenvalue weighted by molar-refractivity contribution is 5.92. The second-order valence-electron chi connectivity index (χ2n) is 5.56. The fourth-order valence-corrected chi connectivity index (χ4v) is 2.49. The van der Waals surface area contributed by atoms with Gasteiger partial charge in [0.15, 0.2) is 0 Å². The van der Waals surface area contributed by atoms with Crippen LogP contribution in [0.25, 0.3) is 11.0 Å². The van der Waals surface area contributed by atoms with Crippen LogP contribution >= 0.6 is 0 Å². The first-order valence-electron chi connectivity index (χ1n) is 7.21. The predicted octanol–water partition coefficient (Wildman–Crippen LogP) is 2.63. The minimum Gasteiger partial charge on any atom is -0.342 e. The third kappa shape index (κ3) is 2.59. The van der Waals surface area contributed by atoms with Crippen LogP contribution in [-0.2, 0) is 11.3 Å². The van der Waals surface area contributed by atoms with E-state index in [2.05, 4.69) is 20.4 Å². The van der Waals surface area contributed by atoms with Crippen molar-refractivity contribution in [2.75, 3.05) is 5.32 Å². The molecular weight excluding hydrogens is 278 g/mol. The van der Waals surface area contributed by atoms with Crippen molar-refractivity contribution in [2.24, 2.45) is 0 Å². The lowest BCUT2D eigenvalue weighted by Crippen LogP contribution is -2.20. The van der Waals surface area contributed by atoms with Crippen molar-refractivity contribution in [3.63, 3.8) is 0 Å². The zero-order valence-electron chi connectivity index (χ0n) is 13.2. The lowest BCUT2D eigenvalue weighted by atomic mass is 10.2. The van der Waals surface area contributed by atoms with Crippen molar-refractivity contribution in [1.29, 1.82) is 0 Å². The van der Waals surface area contributed by atoms with E-state index in [0.717, 1.165) is 39.5 Å². The zero-order valence-corrected chi connectivity index (χ0v) is 13.2. The van der Waals surface area contributed by atoms with Crippen LogP contribution in [-0.4, -0.2) is 25.7 Å². The molecule has 0 unspecified atom stereocenters. The maximum atomic E-state index is 12.2. The quantitative estimate of drug-likeness (QED) is 0.780. The van der Waals surface area contributed by atoms with Crippen molar-refractivity contribution in [2.45, 2.75) is 34.2 Å². The van der Waals surface area contributed by atoms with Crippen molar-refractivity contribution in [3.8, 4) is 0 Å². The summed E-state index contributed by atoms with van der Waals surface area (Å²) < 4.78 is 1.73. The number of hydrogen-bond acceptors (Lipinski definition) is 3. The fraction of sp³-hybridized carbons (Fsp3) is 0.312. The van der Waals surface area contributed by atoms with Gasteiger partial charge in [-0.05, 0) is 51.5 Å². The maximum Gasteiger partial charge on any atom is 0.246 e. The molecule has 3 aromatic rings. The van der Waals surface area contributed by atoms with Gasteiger partial charge < -0.3 is 10.3 Å². The van der Waals surface area contributed by atoms with Gasteiger partial charge in [-0.3, -0.25) is 9.48 Å². The maximum absolute atomic E-state index is 12.2. The highest BCUT2D eigenvalue weighted by atomic mass is 16.2. The van der Waals surface area contributed by atoms with Gasteiger partial charge in [-0.1, -0.05) is 0 Å². The average Bonchev–Trinajstić information content (AvgIpc) is 2.93. The van der Waals surface area contributed by atoms with Crippen molar-refractivity contribution < 1.29 is 4.79 Å². The molecule has 0 fully saturated rings. The van der Waals surface area contributed by atoms with Crippen molar-refractivity contribution in [1.82, 2.24) is 19.7 Å². The highest BCUT2D eigenvalue weighted by Crippen LogP contribution is 2.17. The molecule has 0 saturated carbocycles. The average molecular weight is 297 g/mol. The number of aryl methyl sites for hydroxylation is 2. The molecule has 6 heteroatoms. The Hall–Kier alpha value is -2.63. The molecular formula is C16H19N5O. The molecule has 6 nitrogen and oxygen atoms in total. The van der Waals surface area contributed by atoms with E-state index in [4.69, 9.17) is 0 Å². The molecule has 0 bridgehead atoms. The van der Waals surface area contributed by atoms with Crippen molar-refractivity contribution in [3.05, 3.63) is 41.0 Å². The van der Waals surface area contributed by atoms with E-state index in [1.54, 1.807) is 4.68 Å². The van der Waals surface area contributed by atoms with E-state index in [1.807, 2.05) is 45.9 Å². The summed E-state index contributed by atoms with van der Waals surface area (Å²) in [7, 11) is 0. The minimum absolute atomic E-state index is 0.0961. The van der Waals surface area contributed by atoms with Crippen molar-refractivity contribution >= 4 is 22.6 Å². The Morgan fingerprint density at radius 1 is 1.27 bits per heavy atom. The normalized spacial score (nSPS) is 11.1. The van der Waals surface area contributed by atoms with Gasteiger partial charge in [0.25, 0.3) is 0 Å². The second-order valence-corrected chi connectivity index (χ2v) is 5.56. The Kier molecular flexibility index (Phi) is 3.44. The van der Waals surface area contributed by atoms with Gasteiger partial charge in [0.2, 0.25) is 5.91 Å². The SMILES string of the molecule is Cc1nc2ccc(NC(=O)Cn3nc(C)c(C)c3C)cc2[nH]1. The topological polar surface area (TPSA) is 75.6 Å². The first kappa shape index (κ1) is 14.3. The summed E-state index contributed by atoms with van der Waals surface area (Å²) in [6.07, 6.45) is 0. The van der Waals surface area contributed by atoms with E-state index >= 15 is 0 Å². The smallest absolute Gasteiger partial charge is 0.246 e. The number of nitrogens with zero attached hydrogens (tertiary/aromatic N) is 3. The molecule has 0 aliphatic carbocycles. The molecule has 114 valence electrons. The highest BCUT2D eigenvalue weighted by Gasteiger charge is 2.11. The van der Waals surface area contributed by atoms with Gasteiger partial charge in [0.05, 0.1) is 16.7 Å². The summed E-state index contributed by atoms with van der Waals surface area (Å²) in [6, 6.07) is 5.63. The summed E-state index contributed by atoms with van der Waals surface area (Å²) in [5, 5.41) is 7.28. The molecule has 2 N–H and O–H groups in total. The Bertz CT molecular complexity index is 859. The van der Waals surface area contributed by atoms with Gasteiger partial charge in [-0.25, -0.2) is 4.98 Å². The third-order valence-electron chi connectivity index (χ3n) is 3.92. The first-order valence-corrected chi connectivity index (χ1v) is 7.21. The van der Waals surface area contributed by atoms with Crippen LogP contribution in [0.15, 0.2) is 18.2 Å². The number of rotatable bonds is 3. The monoisotopic (exact) mass is 297 g/mol. The number of benzene rings is 1. The number of carbonyl (C=O) groups excluding carboxylic acids is 1. The van der Waals surface area contributed by atoms with Crippen LogP contribution in [0.2, 0.25) is 0 Å². The molecule has 0 aliphatic heterocycles. The van der Waals surface area contributed by atoms with E-state index in [0.29, 0.717) is 0 Å². The van der Waals surface area contributed by atoms with Crippen LogP contribution in [0.1, 0.15) is 22.8 Å². The summed E-state index contributed by atoms with van der Waals surface area (Å²) in [4.78, 5) is 19.7. The zero-order chi connectivity index (χ0) is 15.9. The summed E-state index contributed by atoms with van der Waals surface area (Å²) in [5.74, 6) is 0.762. The van der Waals surface area contributed by atoms with E-state index in [9.17, 15) is 4.79 Å². The molecule has 2 heterocycles. The molecule has 1 amide bonds. The number of hydrogen-bond donors (Lipinski definition) is 2. The lowest BCUT2D eigenvalue weighted by molar-refractivity contribution is -0.116. The molecule has 0 atom stereocenters. The minimum atomic E-state index is -0.0961. The first-order chi connectivity index (χ1) is 10.4. The number of fused-ring (bicyclic) bond motifs is 1. The Morgan fingerprint density at radius 3 is 2.73 bits per heavy atom. The van der Waals surface area contributed by atoms with Crippen LogP contribution in [0.4, 0.5) is 5.69 Å². The Balaban J connectivity index is 1.76. The Morgan fingerprint density at radius 2 is 2.05 bits per heavy atom. The molecule has 0 saturated heterocycles. The number of carbonyl (C=O) groups is 1. The molecule has 0 radical (unpaired) electrons. The van der Waals surface area contributed by atoms with Gasteiger partial charge in [-0.2, -0.15) is 5.10 Å². The number of aromatic nitrogens is 4. The number of amides is 1. The van der Waals surface area contributed by atoms with E-state index in [-0.39, 0.29) is 12.5 Å². The van der Waals surface area contributed by atoms with Gasteiger partial charge in [-0.15, -0.1) is 0 Å². The van der Waals surface area contributed by atoms with Crippen LogP contribution in [0.5, 0.6) is 0 Å². The molecule has 0 spiro atoms. The number of H-pyrrole nitrogens is 1. The number of imidazole rings is 1. The van der Waals surface area contributed by atoms with Gasteiger partial charge >= 0.3 is 0 Å². The number of anilines is 1. The Labute approximate surface area is 128 Å². The van der Waals surface area contributed by atoms with Gasteiger partial charge in [0.1, 0.15) is 12.4 Å². The third-order valence-corrected chi connectivity index (χ3v) is 3.92. The largest absolute Gasteiger partial charge is 0.342 e. The molecule has 2 aromatic heterocycles. The molecule has 22 heavy (non-hydrogen) atoms. The summed E-state index contributed by atoms with van der Waals surface area (Å²) in [6.45, 7) is 8.05. The molecule has 0 aliphatic rings. The number of aromatic amines is 1. The predicted molar refractivity (Wildman–Crippen MR) is 85.9 cm³/mol. The standard InChI is InChI=1S/C16H19N5O/c1-9-10(2)20-21(11(9)3)8-16(22)19-13-5-6-14-15(7-13)18-12(4)17-14/h5-7H,8H2,1-4H3,(H,17,18)(H,19,22). The van der Waals surface area contributed by atoms with E-state index < -0.39 is 0 Å². The second kappa shape index (κ2) is 5.29.